The van der Waals surface area contributed by atoms with Crippen molar-refractivity contribution in [3.05, 3.63) is 29.8 Å². The first-order valence-corrected chi connectivity index (χ1v) is 8.42. The number of hydrogen-bond acceptors (Lipinski definition) is 4. The molecule has 0 saturated carbocycles. The van der Waals surface area contributed by atoms with Crippen molar-refractivity contribution in [2.75, 3.05) is 23.8 Å². The van der Waals surface area contributed by atoms with E-state index in [1.165, 1.54) is 0 Å². The normalized spacial score (nSPS) is 11.6. The zero-order valence-corrected chi connectivity index (χ0v) is 12.7. The van der Waals surface area contributed by atoms with Gasteiger partial charge in [-0.3, -0.25) is 4.79 Å². The van der Waals surface area contributed by atoms with Gasteiger partial charge in [-0.2, -0.15) is 0 Å². The van der Waals surface area contributed by atoms with E-state index < -0.39 is 21.5 Å². The van der Waals surface area contributed by atoms with E-state index in [9.17, 15) is 13.2 Å². The van der Waals surface area contributed by atoms with E-state index in [1.807, 2.05) is 26.0 Å². The second-order valence-electron chi connectivity index (χ2n) is 5.29. The number of carbonyl (C=O) groups is 1. The van der Waals surface area contributed by atoms with Gasteiger partial charge in [-0.05, 0) is 30.0 Å². The van der Waals surface area contributed by atoms with E-state index >= 15 is 0 Å². The van der Waals surface area contributed by atoms with Crippen molar-refractivity contribution in [2.24, 2.45) is 5.92 Å². The Morgan fingerprint density at radius 2 is 1.85 bits per heavy atom. The highest BCUT2D eigenvalue weighted by Gasteiger charge is 2.17. The molecule has 5 nitrogen and oxygen atoms in total. The third-order valence-corrected chi connectivity index (χ3v) is 4.53. The van der Waals surface area contributed by atoms with Crippen LogP contribution in [0.5, 0.6) is 0 Å². The number of sulfone groups is 1. The summed E-state index contributed by atoms with van der Waals surface area (Å²) >= 11 is 0. The highest BCUT2D eigenvalue weighted by molar-refractivity contribution is 7.92. The molecule has 1 aromatic carbocycles. The van der Waals surface area contributed by atoms with Gasteiger partial charge in [0.25, 0.3) is 0 Å². The summed E-state index contributed by atoms with van der Waals surface area (Å²) in [6.07, 6.45) is 0.649. The maximum Gasteiger partial charge on any atom is 0.235 e. The van der Waals surface area contributed by atoms with E-state index in [4.69, 9.17) is 5.73 Å². The molecule has 0 atom stereocenters. The molecule has 3 N–H and O–H groups in total. The number of benzene rings is 1. The van der Waals surface area contributed by atoms with Crippen LogP contribution in [0.1, 0.15) is 19.4 Å². The first-order chi connectivity index (χ1) is 9.28. The summed E-state index contributed by atoms with van der Waals surface area (Å²) in [4.78, 5) is 11.6. The fraction of sp³-hybridized carbons (Fsp3) is 0.500. The van der Waals surface area contributed by atoms with Crippen molar-refractivity contribution in [2.45, 2.75) is 20.3 Å². The molecule has 0 unspecified atom stereocenters. The SMILES string of the molecule is CC(C)CS(=O)(=O)CC(=O)NCCc1ccc(N)cc1. The Hall–Kier alpha value is -1.56. The molecule has 1 aromatic rings. The van der Waals surface area contributed by atoms with Crippen LogP contribution in [-0.2, 0) is 21.1 Å². The molecule has 0 aromatic heterocycles. The zero-order valence-electron chi connectivity index (χ0n) is 11.9. The Morgan fingerprint density at radius 3 is 2.40 bits per heavy atom. The number of hydrogen-bond donors (Lipinski definition) is 2. The van der Waals surface area contributed by atoms with Crippen LogP contribution in [0.15, 0.2) is 24.3 Å². The topological polar surface area (TPSA) is 89.3 Å². The molecular formula is C14H22N2O3S. The standard InChI is InChI=1S/C14H22N2O3S/c1-11(2)9-20(18,19)10-14(17)16-8-7-12-3-5-13(15)6-4-12/h3-6,11H,7-10,15H2,1-2H3,(H,16,17). The van der Waals surface area contributed by atoms with Crippen LogP contribution in [0.2, 0.25) is 0 Å². The third kappa shape index (κ3) is 6.56. The zero-order chi connectivity index (χ0) is 15.2. The molecule has 1 rings (SSSR count). The van der Waals surface area contributed by atoms with Gasteiger partial charge in [0.1, 0.15) is 5.75 Å². The minimum absolute atomic E-state index is 0.0302. The first kappa shape index (κ1) is 16.5. The summed E-state index contributed by atoms with van der Waals surface area (Å²) in [5.41, 5.74) is 7.31. The fourth-order valence-electron chi connectivity index (χ4n) is 1.85. The Bertz CT molecular complexity index is 536. The number of amides is 1. The number of nitrogens with one attached hydrogen (secondary N) is 1. The van der Waals surface area contributed by atoms with E-state index in [-0.39, 0.29) is 11.7 Å². The van der Waals surface area contributed by atoms with Crippen LogP contribution < -0.4 is 11.1 Å². The number of rotatable bonds is 7. The van der Waals surface area contributed by atoms with Crippen LogP contribution in [0, 0.1) is 5.92 Å². The third-order valence-electron chi connectivity index (χ3n) is 2.65. The number of nitrogen functional groups attached to an aromatic ring is 1. The van der Waals surface area contributed by atoms with Gasteiger partial charge in [-0.15, -0.1) is 0 Å². The maximum absolute atomic E-state index is 11.6. The predicted octanol–water partition coefficient (Wildman–Crippen LogP) is 0.998. The van der Waals surface area contributed by atoms with E-state index in [1.54, 1.807) is 12.1 Å². The Morgan fingerprint density at radius 1 is 1.25 bits per heavy atom. The molecular weight excluding hydrogens is 276 g/mol. The van der Waals surface area contributed by atoms with Gasteiger partial charge in [-0.25, -0.2) is 8.42 Å². The largest absolute Gasteiger partial charge is 0.399 e. The van der Waals surface area contributed by atoms with Crippen molar-refractivity contribution < 1.29 is 13.2 Å². The second kappa shape index (κ2) is 7.28. The lowest BCUT2D eigenvalue weighted by atomic mass is 10.1. The molecule has 20 heavy (non-hydrogen) atoms. The first-order valence-electron chi connectivity index (χ1n) is 6.60. The van der Waals surface area contributed by atoms with Crippen molar-refractivity contribution in [1.82, 2.24) is 5.32 Å². The van der Waals surface area contributed by atoms with Crippen molar-refractivity contribution in [3.8, 4) is 0 Å². The minimum Gasteiger partial charge on any atom is -0.399 e. The second-order valence-corrected chi connectivity index (χ2v) is 7.40. The van der Waals surface area contributed by atoms with Crippen molar-refractivity contribution in [3.63, 3.8) is 0 Å². The van der Waals surface area contributed by atoms with E-state index in [2.05, 4.69) is 5.32 Å². The summed E-state index contributed by atoms with van der Waals surface area (Å²) in [6, 6.07) is 7.36. The minimum atomic E-state index is -3.31. The van der Waals surface area contributed by atoms with Crippen LogP contribution >= 0.6 is 0 Å². The molecule has 0 saturated heterocycles. The Kier molecular flexibility index (Phi) is 6.01. The van der Waals surface area contributed by atoms with Crippen LogP contribution in [-0.4, -0.2) is 32.4 Å². The summed E-state index contributed by atoms with van der Waals surface area (Å²) in [7, 11) is -3.31. The van der Waals surface area contributed by atoms with Crippen molar-refractivity contribution in [1.29, 1.82) is 0 Å². The molecule has 6 heteroatoms. The molecule has 0 spiro atoms. The molecule has 0 fully saturated rings. The molecule has 0 aliphatic carbocycles. The number of carbonyl (C=O) groups excluding carboxylic acids is 1. The lowest BCUT2D eigenvalue weighted by Gasteiger charge is -2.08. The van der Waals surface area contributed by atoms with Gasteiger partial charge in [-0.1, -0.05) is 26.0 Å². The summed E-state index contributed by atoms with van der Waals surface area (Å²) in [5.74, 6) is -0.811. The summed E-state index contributed by atoms with van der Waals surface area (Å²) in [6.45, 7) is 4.05. The van der Waals surface area contributed by atoms with Gasteiger partial charge in [0.2, 0.25) is 5.91 Å². The fourth-order valence-corrected chi connectivity index (χ4v) is 3.48. The molecule has 1 amide bonds. The van der Waals surface area contributed by atoms with Gasteiger partial charge >= 0.3 is 0 Å². The number of nitrogens with two attached hydrogens (primary N) is 1. The lowest BCUT2D eigenvalue weighted by molar-refractivity contribution is -0.118. The Balaban J connectivity index is 2.35. The average Bonchev–Trinajstić information content (AvgIpc) is 2.29. The highest BCUT2D eigenvalue weighted by atomic mass is 32.2. The van der Waals surface area contributed by atoms with Crippen LogP contribution in [0.25, 0.3) is 0 Å². The number of anilines is 1. The molecule has 0 radical (unpaired) electrons. The lowest BCUT2D eigenvalue weighted by Crippen LogP contribution is -2.33. The van der Waals surface area contributed by atoms with Crippen LogP contribution in [0.3, 0.4) is 0 Å². The average molecular weight is 298 g/mol. The van der Waals surface area contributed by atoms with E-state index in [0.29, 0.717) is 18.7 Å². The molecule has 0 aliphatic rings. The molecule has 0 heterocycles. The summed E-state index contributed by atoms with van der Waals surface area (Å²) < 4.78 is 23.3. The predicted molar refractivity (Wildman–Crippen MR) is 81.1 cm³/mol. The van der Waals surface area contributed by atoms with Gasteiger partial charge in [0.15, 0.2) is 9.84 Å². The van der Waals surface area contributed by atoms with Crippen LogP contribution in [0.4, 0.5) is 5.69 Å². The van der Waals surface area contributed by atoms with Crippen molar-refractivity contribution >= 4 is 21.4 Å². The van der Waals surface area contributed by atoms with Gasteiger partial charge in [0.05, 0.1) is 5.75 Å². The molecule has 0 bridgehead atoms. The smallest absolute Gasteiger partial charge is 0.235 e. The highest BCUT2D eigenvalue weighted by Crippen LogP contribution is 2.05. The Labute approximate surface area is 120 Å². The van der Waals surface area contributed by atoms with Gasteiger partial charge < -0.3 is 11.1 Å². The quantitative estimate of drug-likeness (QED) is 0.735. The monoisotopic (exact) mass is 298 g/mol. The summed E-state index contributed by atoms with van der Waals surface area (Å²) in [5, 5.41) is 2.63. The molecule has 0 aliphatic heterocycles. The maximum atomic E-state index is 11.6. The van der Waals surface area contributed by atoms with E-state index in [0.717, 1.165) is 5.56 Å². The molecule has 112 valence electrons. The van der Waals surface area contributed by atoms with Gasteiger partial charge in [0, 0.05) is 12.2 Å².